The molecule has 5 rings (SSSR count). The lowest BCUT2D eigenvalue weighted by atomic mass is 9.75. The van der Waals surface area contributed by atoms with Gasteiger partial charge in [-0.2, -0.15) is 0 Å². The van der Waals surface area contributed by atoms with Gasteiger partial charge in [0.25, 0.3) is 5.56 Å². The van der Waals surface area contributed by atoms with Crippen molar-refractivity contribution in [3.63, 3.8) is 0 Å². The quantitative estimate of drug-likeness (QED) is 0.277. The summed E-state index contributed by atoms with van der Waals surface area (Å²) in [6.07, 6.45) is 1.10. The number of carbonyl (C=O) groups is 1. The lowest BCUT2D eigenvalue weighted by molar-refractivity contribution is 0.0909. The van der Waals surface area contributed by atoms with Crippen molar-refractivity contribution in [2.75, 3.05) is 0 Å². The van der Waals surface area contributed by atoms with Gasteiger partial charge in [-0.05, 0) is 54.3 Å². The van der Waals surface area contributed by atoms with Gasteiger partial charge >= 0.3 is 0 Å². The first-order valence-electron chi connectivity index (χ1n) is 10.5. The molecule has 0 atom stereocenters. The Balaban J connectivity index is 1.72. The minimum atomic E-state index is -0.210. The summed E-state index contributed by atoms with van der Waals surface area (Å²) in [7, 11) is 0. The number of hydrogen-bond donors (Lipinski definition) is 0. The van der Waals surface area contributed by atoms with Crippen molar-refractivity contribution in [2.45, 2.75) is 26.7 Å². The Kier molecular flexibility index (Phi) is 5.63. The van der Waals surface area contributed by atoms with Crippen LogP contribution in [-0.2, 0) is 6.42 Å². The van der Waals surface area contributed by atoms with E-state index >= 15 is 0 Å². The van der Waals surface area contributed by atoms with Crippen molar-refractivity contribution in [2.24, 2.45) is 5.41 Å². The maximum atomic E-state index is 13.8. The number of rotatable bonds is 3. The molecule has 0 aliphatic heterocycles. The van der Waals surface area contributed by atoms with Crippen LogP contribution in [0.4, 0.5) is 0 Å². The van der Waals surface area contributed by atoms with Crippen molar-refractivity contribution in [1.82, 2.24) is 9.55 Å². The minimum absolute atomic E-state index is 0.0582. The molecule has 0 N–H and O–H groups in total. The second-order valence-corrected chi connectivity index (χ2v) is 11.2. The molecule has 33 heavy (non-hydrogen) atoms. The monoisotopic (exact) mass is 538 g/mol. The van der Waals surface area contributed by atoms with Crippen LogP contribution in [0.1, 0.15) is 36.3 Å². The third-order valence-corrected chi connectivity index (χ3v) is 7.50. The van der Waals surface area contributed by atoms with Gasteiger partial charge in [0.1, 0.15) is 5.01 Å². The summed E-state index contributed by atoms with van der Waals surface area (Å²) < 4.78 is 2.62. The predicted octanol–water partition coefficient (Wildman–Crippen LogP) is 7.20. The van der Waals surface area contributed by atoms with Crippen LogP contribution in [0.2, 0.25) is 5.02 Å². The predicted molar refractivity (Wildman–Crippen MR) is 138 cm³/mol. The number of carbonyl (C=O) groups excluding carboxylic acids is 1. The fraction of sp³-hybridized carbons (Fsp3) is 0.192. The van der Waals surface area contributed by atoms with Gasteiger partial charge in [0.05, 0.1) is 11.3 Å². The van der Waals surface area contributed by atoms with E-state index in [-0.39, 0.29) is 16.8 Å². The highest BCUT2D eigenvalue weighted by Gasteiger charge is 2.34. The molecule has 2 aromatic carbocycles. The van der Waals surface area contributed by atoms with Crippen LogP contribution in [0.15, 0.2) is 69.2 Å². The zero-order chi connectivity index (χ0) is 23.3. The van der Waals surface area contributed by atoms with Gasteiger partial charge in [-0.25, -0.2) is 4.98 Å². The maximum absolute atomic E-state index is 13.8. The molecule has 0 saturated heterocycles. The minimum Gasteiger partial charge on any atom is -0.294 e. The van der Waals surface area contributed by atoms with Crippen molar-refractivity contribution in [3.05, 3.63) is 91.1 Å². The fourth-order valence-corrected chi connectivity index (χ4v) is 5.51. The molecular formula is C26H20BrClN2O2S. The zero-order valence-electron chi connectivity index (χ0n) is 18.1. The summed E-state index contributed by atoms with van der Waals surface area (Å²) >= 11 is 10.9. The second kappa shape index (κ2) is 8.35. The van der Waals surface area contributed by atoms with E-state index in [4.69, 9.17) is 16.6 Å². The number of halogens is 2. The van der Waals surface area contributed by atoms with E-state index in [0.29, 0.717) is 34.0 Å². The Bertz CT molecular complexity index is 1440. The van der Waals surface area contributed by atoms with Gasteiger partial charge in [0, 0.05) is 43.8 Å². The van der Waals surface area contributed by atoms with Crippen LogP contribution >= 0.6 is 38.9 Å². The Hall–Kier alpha value is -2.54. The maximum Gasteiger partial charge on any atom is 0.265 e. The topological polar surface area (TPSA) is 52.0 Å². The molecule has 0 radical (unpaired) electrons. The van der Waals surface area contributed by atoms with E-state index in [0.717, 1.165) is 27.1 Å². The highest BCUT2D eigenvalue weighted by atomic mass is 79.9. The zero-order valence-corrected chi connectivity index (χ0v) is 21.2. The summed E-state index contributed by atoms with van der Waals surface area (Å²) in [5.41, 5.74) is 3.86. The van der Waals surface area contributed by atoms with Crippen LogP contribution < -0.4 is 5.56 Å². The average molecular weight is 540 g/mol. The van der Waals surface area contributed by atoms with Gasteiger partial charge in [0.15, 0.2) is 5.78 Å². The van der Waals surface area contributed by atoms with Gasteiger partial charge in [-0.3, -0.25) is 14.2 Å². The van der Waals surface area contributed by atoms with Crippen molar-refractivity contribution in [3.8, 4) is 27.5 Å². The number of ketones is 1. The molecule has 0 bridgehead atoms. The van der Waals surface area contributed by atoms with E-state index in [1.54, 1.807) is 10.6 Å². The highest BCUT2D eigenvalue weighted by Crippen LogP contribution is 2.37. The molecule has 2 heterocycles. The summed E-state index contributed by atoms with van der Waals surface area (Å²) in [6, 6.07) is 16.8. The molecule has 2 aromatic heterocycles. The molecule has 4 aromatic rings. The number of hydrogen-bond acceptors (Lipinski definition) is 4. The van der Waals surface area contributed by atoms with Gasteiger partial charge < -0.3 is 0 Å². The van der Waals surface area contributed by atoms with E-state index in [1.165, 1.54) is 11.3 Å². The lowest BCUT2D eigenvalue weighted by Gasteiger charge is -2.32. The number of pyridine rings is 1. The first-order chi connectivity index (χ1) is 15.7. The largest absolute Gasteiger partial charge is 0.294 e. The number of thiazole rings is 1. The van der Waals surface area contributed by atoms with Crippen LogP contribution in [0.3, 0.4) is 0 Å². The number of nitrogens with zero attached hydrogens (tertiary/aromatic N) is 2. The molecule has 0 unspecified atom stereocenters. The van der Waals surface area contributed by atoms with Gasteiger partial charge in [-0.1, -0.05) is 53.5 Å². The van der Waals surface area contributed by atoms with Crippen molar-refractivity contribution < 1.29 is 4.79 Å². The highest BCUT2D eigenvalue weighted by molar-refractivity contribution is 9.10. The standard InChI is InChI=1S/C26H20BrClN2O2S/c1-26(2)12-22-19(23(31)13-26)11-20(25(32)30(22)18-9-5-16(27)6-10-18)24-29-21(14-33-24)15-3-7-17(28)8-4-15/h3-11,14H,12-13H2,1-2H3. The third-order valence-electron chi connectivity index (χ3n) is 5.85. The molecule has 0 amide bonds. The molecule has 1 aliphatic rings. The number of Topliss-reactive ketones (excluding diaryl/α,β-unsaturated/α-hetero) is 1. The third kappa shape index (κ3) is 4.23. The first kappa shape index (κ1) is 22.3. The van der Waals surface area contributed by atoms with Crippen LogP contribution in [0.5, 0.6) is 0 Å². The van der Waals surface area contributed by atoms with Crippen LogP contribution in [0.25, 0.3) is 27.5 Å². The summed E-state index contributed by atoms with van der Waals surface area (Å²) in [5.74, 6) is 0.0582. The normalized spacial score (nSPS) is 14.8. The first-order valence-corrected chi connectivity index (χ1v) is 12.6. The number of aromatic nitrogens is 2. The number of fused-ring (bicyclic) bond motifs is 1. The number of benzene rings is 2. The molecule has 4 nitrogen and oxygen atoms in total. The van der Waals surface area contributed by atoms with Crippen molar-refractivity contribution >= 4 is 44.7 Å². The molecule has 0 fully saturated rings. The molecule has 1 aliphatic carbocycles. The Morgan fingerprint density at radius 1 is 1.00 bits per heavy atom. The molecular weight excluding hydrogens is 520 g/mol. The Morgan fingerprint density at radius 2 is 1.70 bits per heavy atom. The Labute approximate surface area is 209 Å². The summed E-state index contributed by atoms with van der Waals surface area (Å²) in [6.45, 7) is 4.13. The van der Waals surface area contributed by atoms with E-state index in [1.807, 2.05) is 53.9 Å². The second-order valence-electron chi connectivity index (χ2n) is 9.02. The van der Waals surface area contributed by atoms with Crippen LogP contribution in [0, 0.1) is 5.41 Å². The summed E-state index contributed by atoms with van der Waals surface area (Å²) in [4.78, 5) is 31.7. The average Bonchev–Trinajstić information content (AvgIpc) is 3.24. The molecule has 0 saturated carbocycles. The molecule has 0 spiro atoms. The molecule has 166 valence electrons. The SMILES string of the molecule is CC1(C)CC(=O)c2cc(-c3nc(-c4ccc(Cl)cc4)cs3)c(=O)n(-c3ccc(Br)cc3)c2C1. The fourth-order valence-electron chi connectivity index (χ4n) is 4.28. The van der Waals surface area contributed by atoms with E-state index in [9.17, 15) is 9.59 Å². The van der Waals surface area contributed by atoms with Crippen molar-refractivity contribution in [1.29, 1.82) is 0 Å². The smallest absolute Gasteiger partial charge is 0.265 e. The van der Waals surface area contributed by atoms with E-state index < -0.39 is 0 Å². The summed E-state index contributed by atoms with van der Waals surface area (Å²) in [5, 5.41) is 3.17. The molecule has 7 heteroatoms. The van der Waals surface area contributed by atoms with Crippen LogP contribution in [-0.4, -0.2) is 15.3 Å². The lowest BCUT2D eigenvalue weighted by Crippen LogP contribution is -2.34. The van der Waals surface area contributed by atoms with Gasteiger partial charge in [-0.15, -0.1) is 11.3 Å². The van der Waals surface area contributed by atoms with E-state index in [2.05, 4.69) is 29.8 Å². The Morgan fingerprint density at radius 3 is 2.39 bits per heavy atom. The van der Waals surface area contributed by atoms with Gasteiger partial charge in [0.2, 0.25) is 0 Å².